The molecular formula is C14H28O2. The van der Waals surface area contributed by atoms with Crippen LogP contribution in [0.5, 0.6) is 0 Å². The summed E-state index contributed by atoms with van der Waals surface area (Å²) in [7, 11) is 0. The third-order valence-corrected chi connectivity index (χ3v) is 3.90. The van der Waals surface area contributed by atoms with E-state index >= 15 is 0 Å². The summed E-state index contributed by atoms with van der Waals surface area (Å²) in [6, 6.07) is 0. The molecule has 1 saturated carbocycles. The van der Waals surface area contributed by atoms with E-state index in [2.05, 4.69) is 13.8 Å². The number of ether oxygens (including phenoxy) is 1. The Morgan fingerprint density at radius 2 is 1.88 bits per heavy atom. The van der Waals surface area contributed by atoms with Crippen molar-refractivity contribution in [3.8, 4) is 0 Å². The van der Waals surface area contributed by atoms with E-state index in [4.69, 9.17) is 4.74 Å². The standard InChI is InChI=1S/C14H28O2/c1-4-8-12(3)11-13(15)14(16-5-2)9-6-7-10-14/h12-13,15H,4-11H2,1-3H3. The van der Waals surface area contributed by atoms with E-state index in [0.717, 1.165) is 25.9 Å². The molecule has 1 N–H and O–H groups in total. The topological polar surface area (TPSA) is 29.5 Å². The maximum atomic E-state index is 10.4. The Morgan fingerprint density at radius 3 is 2.38 bits per heavy atom. The largest absolute Gasteiger partial charge is 0.390 e. The SMILES string of the molecule is CCCC(C)CC(O)C1(OCC)CCCC1. The molecule has 1 fully saturated rings. The van der Waals surface area contributed by atoms with Crippen LogP contribution >= 0.6 is 0 Å². The highest BCUT2D eigenvalue weighted by atomic mass is 16.5. The van der Waals surface area contributed by atoms with E-state index < -0.39 is 0 Å². The number of hydrogen-bond donors (Lipinski definition) is 1. The van der Waals surface area contributed by atoms with Crippen molar-refractivity contribution < 1.29 is 9.84 Å². The predicted molar refractivity (Wildman–Crippen MR) is 67.5 cm³/mol. The van der Waals surface area contributed by atoms with Crippen LogP contribution in [0, 0.1) is 5.92 Å². The van der Waals surface area contributed by atoms with Gasteiger partial charge in [-0.25, -0.2) is 0 Å². The van der Waals surface area contributed by atoms with Gasteiger partial charge in [0.1, 0.15) is 0 Å². The van der Waals surface area contributed by atoms with Gasteiger partial charge < -0.3 is 9.84 Å². The predicted octanol–water partition coefficient (Wildman–Crippen LogP) is 3.52. The Labute approximate surface area is 100 Å². The lowest BCUT2D eigenvalue weighted by Gasteiger charge is -2.35. The molecule has 0 bridgehead atoms. The minimum absolute atomic E-state index is 0.212. The molecule has 0 aliphatic heterocycles. The van der Waals surface area contributed by atoms with Crippen molar-refractivity contribution in [1.82, 2.24) is 0 Å². The van der Waals surface area contributed by atoms with Gasteiger partial charge in [0.25, 0.3) is 0 Å². The Bertz CT molecular complexity index is 185. The van der Waals surface area contributed by atoms with Crippen LogP contribution in [0.2, 0.25) is 0 Å². The van der Waals surface area contributed by atoms with Gasteiger partial charge in [-0.05, 0) is 32.1 Å². The molecule has 0 aromatic rings. The zero-order chi connectivity index (χ0) is 12.0. The zero-order valence-electron chi connectivity index (χ0n) is 11.2. The first-order valence-corrected chi connectivity index (χ1v) is 6.96. The lowest BCUT2D eigenvalue weighted by molar-refractivity contribution is -0.122. The summed E-state index contributed by atoms with van der Waals surface area (Å²) in [6.45, 7) is 7.19. The minimum Gasteiger partial charge on any atom is -0.390 e. The molecular weight excluding hydrogens is 200 g/mol. The minimum atomic E-state index is -0.267. The molecule has 16 heavy (non-hydrogen) atoms. The molecule has 0 amide bonds. The molecule has 0 spiro atoms. The Balaban J connectivity index is 2.50. The van der Waals surface area contributed by atoms with Gasteiger partial charge in [0.05, 0.1) is 11.7 Å². The molecule has 2 nitrogen and oxygen atoms in total. The number of aliphatic hydroxyl groups excluding tert-OH is 1. The Hall–Kier alpha value is -0.0800. The lowest BCUT2D eigenvalue weighted by atomic mass is 9.86. The summed E-state index contributed by atoms with van der Waals surface area (Å²) in [4.78, 5) is 0. The highest BCUT2D eigenvalue weighted by molar-refractivity contribution is 4.93. The first-order chi connectivity index (χ1) is 7.64. The Morgan fingerprint density at radius 1 is 1.25 bits per heavy atom. The van der Waals surface area contributed by atoms with Gasteiger partial charge in [-0.3, -0.25) is 0 Å². The van der Waals surface area contributed by atoms with Crippen LogP contribution in [-0.4, -0.2) is 23.4 Å². The first kappa shape index (κ1) is 14.0. The van der Waals surface area contributed by atoms with Gasteiger partial charge >= 0.3 is 0 Å². The average Bonchev–Trinajstić information content (AvgIpc) is 2.68. The molecule has 1 rings (SSSR count). The first-order valence-electron chi connectivity index (χ1n) is 6.96. The van der Waals surface area contributed by atoms with E-state index in [9.17, 15) is 5.11 Å². The van der Waals surface area contributed by atoms with Gasteiger partial charge in [0, 0.05) is 6.61 Å². The summed E-state index contributed by atoms with van der Waals surface area (Å²) in [5.41, 5.74) is -0.212. The Kier molecular flexibility index (Phi) is 5.77. The molecule has 0 radical (unpaired) electrons. The molecule has 2 atom stereocenters. The summed E-state index contributed by atoms with van der Waals surface area (Å²) < 4.78 is 5.88. The van der Waals surface area contributed by atoms with E-state index in [-0.39, 0.29) is 11.7 Å². The molecule has 1 aliphatic carbocycles. The van der Waals surface area contributed by atoms with Crippen LogP contribution in [0.15, 0.2) is 0 Å². The van der Waals surface area contributed by atoms with Gasteiger partial charge in [-0.15, -0.1) is 0 Å². The van der Waals surface area contributed by atoms with Crippen LogP contribution in [0.3, 0.4) is 0 Å². The van der Waals surface area contributed by atoms with Crippen molar-refractivity contribution in [3.63, 3.8) is 0 Å². The molecule has 0 heterocycles. The fourth-order valence-corrected chi connectivity index (χ4v) is 3.04. The third kappa shape index (κ3) is 3.46. The number of hydrogen-bond acceptors (Lipinski definition) is 2. The molecule has 2 unspecified atom stereocenters. The second-order valence-corrected chi connectivity index (χ2v) is 5.35. The van der Waals surface area contributed by atoms with Gasteiger partial charge in [-0.2, -0.15) is 0 Å². The lowest BCUT2D eigenvalue weighted by Crippen LogP contribution is -2.43. The fraction of sp³-hybridized carbons (Fsp3) is 1.00. The second kappa shape index (κ2) is 6.61. The van der Waals surface area contributed by atoms with Crippen molar-refractivity contribution in [3.05, 3.63) is 0 Å². The molecule has 1 aliphatic rings. The maximum Gasteiger partial charge on any atom is 0.0940 e. The molecule has 0 aromatic heterocycles. The fourth-order valence-electron chi connectivity index (χ4n) is 3.04. The normalized spacial score (nSPS) is 23.2. The smallest absolute Gasteiger partial charge is 0.0940 e. The summed E-state index contributed by atoms with van der Waals surface area (Å²) in [6.07, 6.45) is 7.54. The molecule has 0 aromatic carbocycles. The maximum absolute atomic E-state index is 10.4. The average molecular weight is 228 g/mol. The second-order valence-electron chi connectivity index (χ2n) is 5.35. The van der Waals surface area contributed by atoms with Gasteiger partial charge in [0.2, 0.25) is 0 Å². The number of rotatable bonds is 7. The van der Waals surface area contributed by atoms with E-state index in [1.54, 1.807) is 0 Å². The third-order valence-electron chi connectivity index (χ3n) is 3.90. The van der Waals surface area contributed by atoms with Crippen molar-refractivity contribution in [1.29, 1.82) is 0 Å². The molecule has 2 heteroatoms. The quantitative estimate of drug-likeness (QED) is 0.722. The van der Waals surface area contributed by atoms with E-state index in [1.165, 1.54) is 25.7 Å². The highest BCUT2D eigenvalue weighted by Gasteiger charge is 2.41. The van der Waals surface area contributed by atoms with E-state index in [1.807, 2.05) is 6.92 Å². The van der Waals surface area contributed by atoms with Crippen LogP contribution in [-0.2, 0) is 4.74 Å². The van der Waals surface area contributed by atoms with Crippen LogP contribution in [0.25, 0.3) is 0 Å². The van der Waals surface area contributed by atoms with Gasteiger partial charge in [-0.1, -0.05) is 39.5 Å². The van der Waals surface area contributed by atoms with E-state index in [0.29, 0.717) is 5.92 Å². The van der Waals surface area contributed by atoms with Gasteiger partial charge in [0.15, 0.2) is 0 Å². The van der Waals surface area contributed by atoms with Crippen molar-refractivity contribution in [2.24, 2.45) is 5.92 Å². The zero-order valence-corrected chi connectivity index (χ0v) is 11.2. The van der Waals surface area contributed by atoms with Crippen LogP contribution in [0.1, 0.15) is 65.7 Å². The molecule has 96 valence electrons. The van der Waals surface area contributed by atoms with Crippen molar-refractivity contribution >= 4 is 0 Å². The monoisotopic (exact) mass is 228 g/mol. The van der Waals surface area contributed by atoms with Crippen LogP contribution < -0.4 is 0 Å². The number of aliphatic hydroxyl groups is 1. The molecule has 0 saturated heterocycles. The highest BCUT2D eigenvalue weighted by Crippen LogP contribution is 2.38. The summed E-state index contributed by atoms with van der Waals surface area (Å²) in [5, 5.41) is 10.4. The van der Waals surface area contributed by atoms with Crippen LogP contribution in [0.4, 0.5) is 0 Å². The van der Waals surface area contributed by atoms with Crippen molar-refractivity contribution in [2.75, 3.05) is 6.61 Å². The summed E-state index contributed by atoms with van der Waals surface area (Å²) in [5.74, 6) is 0.609. The van der Waals surface area contributed by atoms with Crippen molar-refractivity contribution in [2.45, 2.75) is 77.4 Å². The summed E-state index contributed by atoms with van der Waals surface area (Å²) >= 11 is 0.